The highest BCUT2D eigenvalue weighted by Gasteiger charge is 2.12. The summed E-state index contributed by atoms with van der Waals surface area (Å²) in [6.45, 7) is 2.71. The van der Waals surface area contributed by atoms with E-state index < -0.39 is 0 Å². The van der Waals surface area contributed by atoms with Gasteiger partial charge in [-0.15, -0.1) is 0 Å². The Labute approximate surface area is 122 Å². The number of amidine groups is 1. The number of ether oxygens (including phenoxy) is 2. The molecule has 0 aliphatic heterocycles. The lowest BCUT2D eigenvalue weighted by Crippen LogP contribution is -2.16. The van der Waals surface area contributed by atoms with Crippen LogP contribution in [0.15, 0.2) is 41.8 Å². The predicted octanol–water partition coefficient (Wildman–Crippen LogP) is 2.15. The molecule has 1 heterocycles. The van der Waals surface area contributed by atoms with Crippen molar-refractivity contribution >= 4 is 5.84 Å². The Balaban J connectivity index is 2.15. The van der Waals surface area contributed by atoms with Gasteiger partial charge in [0.2, 0.25) is 5.88 Å². The Kier molecular flexibility index (Phi) is 4.92. The molecule has 0 fully saturated rings. The van der Waals surface area contributed by atoms with E-state index in [9.17, 15) is 0 Å². The lowest BCUT2D eigenvalue weighted by Gasteiger charge is -2.09. The van der Waals surface area contributed by atoms with E-state index in [1.807, 2.05) is 6.92 Å². The molecule has 0 spiro atoms. The van der Waals surface area contributed by atoms with Gasteiger partial charge in [-0.2, -0.15) is 0 Å². The third kappa shape index (κ3) is 3.82. The van der Waals surface area contributed by atoms with E-state index in [1.165, 1.54) is 12.4 Å². The molecule has 0 saturated heterocycles. The van der Waals surface area contributed by atoms with Gasteiger partial charge >= 0.3 is 0 Å². The second-order valence-electron chi connectivity index (χ2n) is 4.12. The number of hydrogen-bond acceptors (Lipinski definition) is 6. The van der Waals surface area contributed by atoms with Gasteiger partial charge in [0.1, 0.15) is 11.5 Å². The SMILES string of the molecule is CCCOc1ccc(Oc2nccnc2C(N)=NO)cc1. The average Bonchev–Trinajstić information content (AvgIpc) is 2.54. The summed E-state index contributed by atoms with van der Waals surface area (Å²) in [5.74, 6) is 1.31. The number of hydrogen-bond donors (Lipinski definition) is 2. The molecule has 1 aromatic carbocycles. The van der Waals surface area contributed by atoms with Crippen molar-refractivity contribution in [3.05, 3.63) is 42.4 Å². The van der Waals surface area contributed by atoms with Crippen LogP contribution in [0, 0.1) is 0 Å². The number of nitrogens with zero attached hydrogens (tertiary/aromatic N) is 3. The zero-order valence-electron chi connectivity index (χ0n) is 11.6. The molecule has 0 atom stereocenters. The van der Waals surface area contributed by atoms with E-state index in [-0.39, 0.29) is 17.4 Å². The van der Waals surface area contributed by atoms with E-state index in [2.05, 4.69) is 15.1 Å². The van der Waals surface area contributed by atoms with E-state index in [4.69, 9.17) is 20.4 Å². The van der Waals surface area contributed by atoms with Crippen molar-refractivity contribution in [2.75, 3.05) is 6.61 Å². The quantitative estimate of drug-likeness (QED) is 0.365. The number of benzene rings is 1. The van der Waals surface area contributed by atoms with Crippen LogP contribution in [-0.2, 0) is 0 Å². The van der Waals surface area contributed by atoms with Crippen molar-refractivity contribution in [3.8, 4) is 17.4 Å². The monoisotopic (exact) mass is 288 g/mol. The first-order valence-electron chi connectivity index (χ1n) is 6.44. The average molecular weight is 288 g/mol. The maximum Gasteiger partial charge on any atom is 0.249 e. The van der Waals surface area contributed by atoms with Crippen LogP contribution in [0.3, 0.4) is 0 Å². The number of aromatic nitrogens is 2. The lowest BCUT2D eigenvalue weighted by molar-refractivity contribution is 0.317. The van der Waals surface area contributed by atoms with E-state index in [1.54, 1.807) is 24.3 Å². The zero-order valence-corrected chi connectivity index (χ0v) is 11.6. The van der Waals surface area contributed by atoms with Crippen molar-refractivity contribution in [1.29, 1.82) is 0 Å². The fraction of sp³-hybridized carbons (Fsp3) is 0.214. The standard InChI is InChI=1S/C14H16N4O3/c1-2-9-20-10-3-5-11(6-4-10)21-14-12(13(15)18-19)16-7-8-17-14/h3-8,19H,2,9H2,1H3,(H2,15,18). The first-order valence-corrected chi connectivity index (χ1v) is 6.44. The van der Waals surface area contributed by atoms with Gasteiger partial charge in [0, 0.05) is 12.4 Å². The topological polar surface area (TPSA) is 103 Å². The molecule has 7 heteroatoms. The summed E-state index contributed by atoms with van der Waals surface area (Å²) in [5, 5.41) is 11.6. The zero-order chi connectivity index (χ0) is 15.1. The van der Waals surface area contributed by atoms with Crippen LogP contribution < -0.4 is 15.2 Å². The van der Waals surface area contributed by atoms with Crippen molar-refractivity contribution in [2.45, 2.75) is 13.3 Å². The van der Waals surface area contributed by atoms with E-state index in [0.717, 1.165) is 12.2 Å². The molecule has 7 nitrogen and oxygen atoms in total. The Hall–Kier alpha value is -2.83. The molecule has 21 heavy (non-hydrogen) atoms. The molecule has 0 radical (unpaired) electrons. The number of oxime groups is 1. The fourth-order valence-corrected chi connectivity index (χ4v) is 1.56. The van der Waals surface area contributed by atoms with Crippen molar-refractivity contribution in [3.63, 3.8) is 0 Å². The second-order valence-corrected chi connectivity index (χ2v) is 4.12. The third-order valence-electron chi connectivity index (χ3n) is 2.53. The van der Waals surface area contributed by atoms with Crippen LogP contribution in [0.1, 0.15) is 19.0 Å². The van der Waals surface area contributed by atoms with Gasteiger partial charge in [0.15, 0.2) is 11.5 Å². The Morgan fingerprint density at radius 1 is 1.19 bits per heavy atom. The van der Waals surface area contributed by atoms with Crippen molar-refractivity contribution < 1.29 is 14.7 Å². The van der Waals surface area contributed by atoms with Gasteiger partial charge in [-0.25, -0.2) is 9.97 Å². The van der Waals surface area contributed by atoms with Crippen LogP contribution in [0.25, 0.3) is 0 Å². The van der Waals surface area contributed by atoms with Crippen molar-refractivity contribution in [2.24, 2.45) is 10.9 Å². The van der Waals surface area contributed by atoms with Gasteiger partial charge < -0.3 is 20.4 Å². The highest BCUT2D eigenvalue weighted by molar-refractivity contribution is 5.97. The smallest absolute Gasteiger partial charge is 0.249 e. The van der Waals surface area contributed by atoms with Crippen molar-refractivity contribution in [1.82, 2.24) is 9.97 Å². The van der Waals surface area contributed by atoms with Crippen LogP contribution in [0.2, 0.25) is 0 Å². The normalized spacial score (nSPS) is 11.2. The molecule has 0 aliphatic carbocycles. The van der Waals surface area contributed by atoms with Gasteiger partial charge in [-0.1, -0.05) is 12.1 Å². The van der Waals surface area contributed by atoms with E-state index >= 15 is 0 Å². The molecule has 0 aliphatic rings. The maximum atomic E-state index is 8.72. The first kappa shape index (κ1) is 14.6. The molecule has 3 N–H and O–H groups in total. The largest absolute Gasteiger partial charge is 0.494 e. The predicted molar refractivity (Wildman–Crippen MR) is 76.8 cm³/mol. The summed E-state index contributed by atoms with van der Waals surface area (Å²) in [6.07, 6.45) is 3.84. The van der Waals surface area contributed by atoms with Crippen LogP contribution in [0.4, 0.5) is 0 Å². The van der Waals surface area contributed by atoms with Crippen LogP contribution in [0.5, 0.6) is 17.4 Å². The fourth-order valence-electron chi connectivity index (χ4n) is 1.56. The molecular weight excluding hydrogens is 272 g/mol. The summed E-state index contributed by atoms with van der Waals surface area (Å²) in [5.41, 5.74) is 5.70. The molecular formula is C14H16N4O3. The molecule has 0 amide bonds. The highest BCUT2D eigenvalue weighted by atomic mass is 16.5. The Morgan fingerprint density at radius 2 is 1.86 bits per heavy atom. The molecule has 2 aromatic rings. The summed E-state index contributed by atoms with van der Waals surface area (Å²) in [4.78, 5) is 8.00. The van der Waals surface area contributed by atoms with Crippen LogP contribution >= 0.6 is 0 Å². The van der Waals surface area contributed by atoms with Gasteiger partial charge in [-0.3, -0.25) is 0 Å². The Morgan fingerprint density at radius 3 is 2.52 bits per heavy atom. The minimum atomic E-state index is -0.166. The number of nitrogens with two attached hydrogens (primary N) is 1. The maximum absolute atomic E-state index is 8.72. The summed E-state index contributed by atoms with van der Waals surface area (Å²) >= 11 is 0. The summed E-state index contributed by atoms with van der Waals surface area (Å²) in [6, 6.07) is 7.08. The van der Waals surface area contributed by atoms with Gasteiger partial charge in [-0.05, 0) is 30.7 Å². The second kappa shape index (κ2) is 7.09. The highest BCUT2D eigenvalue weighted by Crippen LogP contribution is 2.24. The molecule has 110 valence electrons. The number of rotatable bonds is 6. The van der Waals surface area contributed by atoms with Gasteiger partial charge in [0.05, 0.1) is 6.61 Å². The summed E-state index contributed by atoms with van der Waals surface area (Å²) in [7, 11) is 0. The molecule has 0 bridgehead atoms. The van der Waals surface area contributed by atoms with Crippen LogP contribution in [-0.4, -0.2) is 27.6 Å². The third-order valence-corrected chi connectivity index (χ3v) is 2.53. The minimum absolute atomic E-state index is 0.162. The molecule has 0 saturated carbocycles. The molecule has 2 rings (SSSR count). The van der Waals surface area contributed by atoms with Gasteiger partial charge in [0.25, 0.3) is 0 Å². The minimum Gasteiger partial charge on any atom is -0.494 e. The first-order chi connectivity index (χ1) is 10.2. The molecule has 1 aromatic heterocycles. The van der Waals surface area contributed by atoms with E-state index in [0.29, 0.717) is 12.4 Å². The lowest BCUT2D eigenvalue weighted by atomic mass is 10.3. The summed E-state index contributed by atoms with van der Waals surface area (Å²) < 4.78 is 11.1. The molecule has 0 unspecified atom stereocenters. The Bertz CT molecular complexity index is 614.